The highest BCUT2D eigenvalue weighted by atomic mass is 19.1. The number of nitrogens with zero attached hydrogens (tertiary/aromatic N) is 2. The lowest BCUT2D eigenvalue weighted by Crippen LogP contribution is -2.17. The smallest absolute Gasteiger partial charge is 0.123 e. The van der Waals surface area contributed by atoms with E-state index in [-0.39, 0.29) is 18.5 Å². The lowest BCUT2D eigenvalue weighted by Gasteiger charge is -2.13. The van der Waals surface area contributed by atoms with Gasteiger partial charge in [-0.1, -0.05) is 12.1 Å². The second kappa shape index (κ2) is 6.45. The first-order valence-corrected chi connectivity index (χ1v) is 6.30. The predicted molar refractivity (Wildman–Crippen MR) is 71.0 cm³/mol. The maximum atomic E-state index is 12.8. The summed E-state index contributed by atoms with van der Waals surface area (Å²) in [5, 5.41) is 16.3. The molecule has 0 saturated carbocycles. The van der Waals surface area contributed by atoms with Crippen molar-refractivity contribution in [1.82, 2.24) is 15.1 Å². The molecule has 0 saturated heterocycles. The van der Waals surface area contributed by atoms with E-state index in [1.54, 1.807) is 23.0 Å². The Morgan fingerprint density at radius 2 is 2.11 bits per heavy atom. The van der Waals surface area contributed by atoms with E-state index in [9.17, 15) is 4.39 Å². The zero-order chi connectivity index (χ0) is 13.7. The van der Waals surface area contributed by atoms with Crippen LogP contribution in [0.5, 0.6) is 0 Å². The molecular weight excluding hydrogens is 245 g/mol. The van der Waals surface area contributed by atoms with Crippen LogP contribution in [0.4, 0.5) is 4.39 Å². The monoisotopic (exact) mass is 263 g/mol. The van der Waals surface area contributed by atoms with E-state index in [4.69, 9.17) is 5.11 Å². The van der Waals surface area contributed by atoms with Crippen LogP contribution in [0.25, 0.3) is 0 Å². The van der Waals surface area contributed by atoms with Gasteiger partial charge in [0, 0.05) is 24.3 Å². The molecule has 1 aromatic heterocycles. The minimum atomic E-state index is -0.221. The summed E-state index contributed by atoms with van der Waals surface area (Å²) >= 11 is 0. The van der Waals surface area contributed by atoms with Gasteiger partial charge in [-0.2, -0.15) is 5.10 Å². The van der Waals surface area contributed by atoms with Crippen molar-refractivity contribution in [3.8, 4) is 0 Å². The van der Waals surface area contributed by atoms with Gasteiger partial charge in [0.1, 0.15) is 5.82 Å². The van der Waals surface area contributed by atoms with E-state index in [0.29, 0.717) is 13.1 Å². The molecule has 102 valence electrons. The Hall–Kier alpha value is -1.72. The van der Waals surface area contributed by atoms with Crippen LogP contribution >= 0.6 is 0 Å². The molecule has 0 spiro atoms. The third kappa shape index (κ3) is 3.87. The number of nitrogens with one attached hydrogen (secondary N) is 1. The first kappa shape index (κ1) is 13.7. The van der Waals surface area contributed by atoms with Crippen molar-refractivity contribution in [3.05, 3.63) is 53.6 Å². The molecule has 2 aromatic rings. The average Bonchev–Trinajstić information content (AvgIpc) is 2.85. The molecule has 2 rings (SSSR count). The zero-order valence-electron chi connectivity index (χ0n) is 10.9. The molecule has 1 heterocycles. The normalized spacial score (nSPS) is 12.6. The van der Waals surface area contributed by atoms with Crippen LogP contribution < -0.4 is 5.32 Å². The standard InChI is InChI=1S/C14H18FN3O/c1-11(13-2-4-14(15)5-3-13)16-8-12-9-17-18(10-12)6-7-19/h2-5,9-11,16,19H,6-8H2,1H3. The number of aromatic nitrogens is 2. The summed E-state index contributed by atoms with van der Waals surface area (Å²) in [6.45, 7) is 3.31. The third-order valence-corrected chi connectivity index (χ3v) is 3.00. The molecule has 4 nitrogen and oxygen atoms in total. The highest BCUT2D eigenvalue weighted by Gasteiger charge is 2.06. The highest BCUT2D eigenvalue weighted by molar-refractivity contribution is 5.19. The first-order valence-electron chi connectivity index (χ1n) is 6.30. The van der Waals surface area contributed by atoms with Gasteiger partial charge in [-0.3, -0.25) is 4.68 Å². The fourth-order valence-corrected chi connectivity index (χ4v) is 1.86. The number of rotatable bonds is 6. The molecule has 0 fully saturated rings. The fraction of sp³-hybridized carbons (Fsp3) is 0.357. The van der Waals surface area contributed by atoms with Gasteiger partial charge in [-0.25, -0.2) is 4.39 Å². The van der Waals surface area contributed by atoms with Crippen molar-refractivity contribution in [2.24, 2.45) is 0 Å². The van der Waals surface area contributed by atoms with Gasteiger partial charge in [-0.05, 0) is 24.6 Å². The van der Waals surface area contributed by atoms with Crippen molar-refractivity contribution < 1.29 is 9.50 Å². The second-order valence-corrected chi connectivity index (χ2v) is 4.49. The van der Waals surface area contributed by atoms with E-state index in [2.05, 4.69) is 10.4 Å². The Morgan fingerprint density at radius 3 is 2.79 bits per heavy atom. The largest absolute Gasteiger partial charge is 0.394 e. The summed E-state index contributed by atoms with van der Waals surface area (Å²) in [5.74, 6) is -0.221. The average molecular weight is 263 g/mol. The van der Waals surface area contributed by atoms with Crippen molar-refractivity contribution in [2.75, 3.05) is 6.61 Å². The topological polar surface area (TPSA) is 50.1 Å². The molecule has 0 aliphatic carbocycles. The second-order valence-electron chi connectivity index (χ2n) is 4.49. The Bertz CT molecular complexity index is 510. The van der Waals surface area contributed by atoms with E-state index in [1.807, 2.05) is 13.1 Å². The van der Waals surface area contributed by atoms with Gasteiger partial charge in [0.05, 0.1) is 19.3 Å². The van der Waals surface area contributed by atoms with E-state index in [1.165, 1.54) is 12.1 Å². The summed E-state index contributed by atoms with van der Waals surface area (Å²) in [4.78, 5) is 0. The van der Waals surface area contributed by atoms with Crippen LogP contribution in [0, 0.1) is 5.82 Å². The van der Waals surface area contributed by atoms with Crippen LogP contribution in [0.15, 0.2) is 36.7 Å². The van der Waals surface area contributed by atoms with E-state index < -0.39 is 0 Å². The first-order chi connectivity index (χ1) is 9.19. The van der Waals surface area contributed by atoms with Gasteiger partial charge in [0.15, 0.2) is 0 Å². The Balaban J connectivity index is 1.88. The van der Waals surface area contributed by atoms with Gasteiger partial charge < -0.3 is 10.4 Å². The van der Waals surface area contributed by atoms with Crippen LogP contribution in [0.1, 0.15) is 24.1 Å². The van der Waals surface area contributed by atoms with Gasteiger partial charge in [-0.15, -0.1) is 0 Å². The molecule has 0 radical (unpaired) electrons. The summed E-state index contributed by atoms with van der Waals surface area (Å²) in [6.07, 6.45) is 3.68. The SMILES string of the molecule is CC(NCc1cnn(CCO)c1)c1ccc(F)cc1. The molecular formula is C14H18FN3O. The number of hydrogen-bond donors (Lipinski definition) is 2. The lowest BCUT2D eigenvalue weighted by atomic mass is 10.1. The van der Waals surface area contributed by atoms with Crippen molar-refractivity contribution in [3.63, 3.8) is 0 Å². The molecule has 2 N–H and O–H groups in total. The highest BCUT2D eigenvalue weighted by Crippen LogP contribution is 2.13. The quantitative estimate of drug-likeness (QED) is 0.836. The zero-order valence-corrected chi connectivity index (χ0v) is 10.9. The molecule has 0 aliphatic heterocycles. The molecule has 19 heavy (non-hydrogen) atoms. The van der Waals surface area contributed by atoms with Crippen LogP contribution in [0.2, 0.25) is 0 Å². The summed E-state index contributed by atoms with van der Waals surface area (Å²) < 4.78 is 14.5. The maximum Gasteiger partial charge on any atom is 0.123 e. The van der Waals surface area contributed by atoms with Crippen molar-refractivity contribution >= 4 is 0 Å². The van der Waals surface area contributed by atoms with E-state index >= 15 is 0 Å². The van der Waals surface area contributed by atoms with Gasteiger partial charge in [0.2, 0.25) is 0 Å². The molecule has 0 amide bonds. The molecule has 0 bridgehead atoms. The fourth-order valence-electron chi connectivity index (χ4n) is 1.86. The number of hydrogen-bond acceptors (Lipinski definition) is 3. The molecule has 1 unspecified atom stereocenters. The van der Waals surface area contributed by atoms with Crippen LogP contribution in [-0.4, -0.2) is 21.5 Å². The third-order valence-electron chi connectivity index (χ3n) is 3.00. The van der Waals surface area contributed by atoms with Crippen LogP contribution in [-0.2, 0) is 13.1 Å². The number of benzene rings is 1. The lowest BCUT2D eigenvalue weighted by molar-refractivity contribution is 0.269. The molecule has 1 aromatic carbocycles. The molecule has 1 atom stereocenters. The predicted octanol–water partition coefficient (Wildman–Crippen LogP) is 1.87. The minimum Gasteiger partial charge on any atom is -0.394 e. The molecule has 0 aliphatic rings. The summed E-state index contributed by atoms with van der Waals surface area (Å²) in [5.41, 5.74) is 2.10. The maximum absolute atomic E-state index is 12.8. The number of aliphatic hydroxyl groups excluding tert-OH is 1. The van der Waals surface area contributed by atoms with Gasteiger partial charge >= 0.3 is 0 Å². The van der Waals surface area contributed by atoms with Crippen molar-refractivity contribution in [2.45, 2.75) is 26.1 Å². The number of halogens is 1. The minimum absolute atomic E-state index is 0.0839. The Morgan fingerprint density at radius 1 is 1.37 bits per heavy atom. The Kier molecular flexibility index (Phi) is 4.65. The van der Waals surface area contributed by atoms with Crippen molar-refractivity contribution in [1.29, 1.82) is 0 Å². The van der Waals surface area contributed by atoms with E-state index in [0.717, 1.165) is 11.1 Å². The summed E-state index contributed by atoms with van der Waals surface area (Å²) in [6, 6.07) is 6.63. The molecule has 5 heteroatoms. The number of aliphatic hydroxyl groups is 1. The Labute approximate surface area is 111 Å². The van der Waals surface area contributed by atoms with Crippen LogP contribution in [0.3, 0.4) is 0 Å². The summed E-state index contributed by atoms with van der Waals surface area (Å²) in [7, 11) is 0. The van der Waals surface area contributed by atoms with Gasteiger partial charge in [0.25, 0.3) is 0 Å².